The number of aryl methyl sites for hydroxylation is 1. The van der Waals surface area contributed by atoms with Crippen molar-refractivity contribution in [2.24, 2.45) is 0 Å². The molecule has 0 spiro atoms. The van der Waals surface area contributed by atoms with Crippen molar-refractivity contribution in [2.75, 3.05) is 14.2 Å². The minimum Gasteiger partial charge on any atom is -0.496 e. The average molecular weight is 226 g/mol. The van der Waals surface area contributed by atoms with Gasteiger partial charge in [0.25, 0.3) is 0 Å². The molecule has 0 aliphatic carbocycles. The van der Waals surface area contributed by atoms with Crippen molar-refractivity contribution in [1.82, 2.24) is 0 Å². The van der Waals surface area contributed by atoms with Crippen LogP contribution in [0, 0.1) is 6.92 Å². The van der Waals surface area contributed by atoms with E-state index in [1.54, 1.807) is 13.0 Å². The summed E-state index contributed by atoms with van der Waals surface area (Å²) >= 11 is 0. The van der Waals surface area contributed by atoms with E-state index in [-0.39, 0.29) is 5.56 Å². The van der Waals surface area contributed by atoms with Crippen LogP contribution in [-0.2, 0) is 0 Å². The van der Waals surface area contributed by atoms with E-state index < -0.39 is 5.97 Å². The van der Waals surface area contributed by atoms with E-state index in [4.69, 9.17) is 14.6 Å². The average Bonchev–Trinajstić information content (AvgIpc) is 2.31. The zero-order valence-corrected chi connectivity index (χ0v) is 10.3. The molecule has 16 heavy (non-hydrogen) atoms. The quantitative estimate of drug-likeness (QED) is 0.861. The Morgan fingerprint density at radius 1 is 1.12 bits per heavy atom. The van der Waals surface area contributed by atoms with Crippen LogP contribution in [0.5, 0.6) is 11.5 Å². The van der Waals surface area contributed by atoms with Crippen molar-refractivity contribution in [3.05, 3.63) is 23.3 Å². The van der Waals surface area contributed by atoms with Crippen molar-refractivity contribution in [2.45, 2.75) is 20.8 Å². The van der Waals surface area contributed by atoms with Crippen molar-refractivity contribution < 1.29 is 19.4 Å². The number of carboxylic acid groups (broad SMARTS) is 1. The second-order valence-corrected chi connectivity index (χ2v) is 2.83. The van der Waals surface area contributed by atoms with Crippen LogP contribution >= 0.6 is 0 Å². The van der Waals surface area contributed by atoms with Crippen LogP contribution in [-0.4, -0.2) is 25.3 Å². The van der Waals surface area contributed by atoms with E-state index in [1.807, 2.05) is 13.8 Å². The predicted molar refractivity (Wildman–Crippen MR) is 62.6 cm³/mol. The summed E-state index contributed by atoms with van der Waals surface area (Å²) in [4.78, 5) is 10.8. The molecular weight excluding hydrogens is 208 g/mol. The SMILES string of the molecule is CC.COc1cc(OC)c(C(=O)O)cc1C. The molecule has 0 saturated carbocycles. The van der Waals surface area contributed by atoms with E-state index in [0.717, 1.165) is 5.56 Å². The summed E-state index contributed by atoms with van der Waals surface area (Å²) in [5.74, 6) is -0.0839. The van der Waals surface area contributed by atoms with Crippen LogP contribution in [0.4, 0.5) is 0 Å². The topological polar surface area (TPSA) is 55.8 Å². The van der Waals surface area contributed by atoms with Crippen LogP contribution < -0.4 is 9.47 Å². The summed E-state index contributed by atoms with van der Waals surface area (Å²) in [5.41, 5.74) is 0.913. The van der Waals surface area contributed by atoms with Gasteiger partial charge < -0.3 is 14.6 Å². The summed E-state index contributed by atoms with van der Waals surface area (Å²) in [6.45, 7) is 5.78. The highest BCUT2D eigenvalue weighted by molar-refractivity contribution is 5.91. The molecule has 0 unspecified atom stereocenters. The van der Waals surface area contributed by atoms with Gasteiger partial charge in [0, 0.05) is 6.07 Å². The molecule has 0 heterocycles. The molecule has 0 saturated heterocycles. The predicted octanol–water partition coefficient (Wildman–Crippen LogP) is 2.74. The minimum atomic E-state index is -1.01. The highest BCUT2D eigenvalue weighted by Crippen LogP contribution is 2.28. The molecule has 4 nitrogen and oxygen atoms in total. The van der Waals surface area contributed by atoms with Crippen LogP contribution in [0.25, 0.3) is 0 Å². The van der Waals surface area contributed by atoms with E-state index >= 15 is 0 Å². The lowest BCUT2D eigenvalue weighted by Crippen LogP contribution is -2.02. The fraction of sp³-hybridized carbons (Fsp3) is 0.417. The fourth-order valence-corrected chi connectivity index (χ4v) is 1.23. The summed E-state index contributed by atoms with van der Waals surface area (Å²) in [6, 6.07) is 3.10. The largest absolute Gasteiger partial charge is 0.496 e. The molecular formula is C12H18O4. The van der Waals surface area contributed by atoms with Gasteiger partial charge in [0.1, 0.15) is 17.1 Å². The van der Waals surface area contributed by atoms with E-state index in [1.165, 1.54) is 20.3 Å². The first kappa shape index (κ1) is 14.3. The fourth-order valence-electron chi connectivity index (χ4n) is 1.23. The Labute approximate surface area is 95.8 Å². The maximum atomic E-state index is 10.8. The van der Waals surface area contributed by atoms with Gasteiger partial charge in [0.15, 0.2) is 0 Å². The summed E-state index contributed by atoms with van der Waals surface area (Å²) in [6.07, 6.45) is 0. The zero-order chi connectivity index (χ0) is 12.7. The molecule has 0 aromatic heterocycles. The number of carboxylic acids is 1. The van der Waals surface area contributed by atoms with Crippen molar-refractivity contribution in [3.8, 4) is 11.5 Å². The smallest absolute Gasteiger partial charge is 0.339 e. The van der Waals surface area contributed by atoms with Gasteiger partial charge in [0.05, 0.1) is 14.2 Å². The minimum absolute atomic E-state index is 0.144. The molecule has 0 atom stereocenters. The summed E-state index contributed by atoms with van der Waals surface area (Å²) in [5, 5.41) is 8.86. The normalized spacial score (nSPS) is 8.81. The third-order valence-corrected chi connectivity index (χ3v) is 1.95. The number of rotatable bonds is 3. The van der Waals surface area contributed by atoms with Gasteiger partial charge >= 0.3 is 5.97 Å². The van der Waals surface area contributed by atoms with Crippen LogP contribution in [0.2, 0.25) is 0 Å². The lowest BCUT2D eigenvalue weighted by Gasteiger charge is -2.09. The van der Waals surface area contributed by atoms with Crippen LogP contribution in [0.15, 0.2) is 12.1 Å². The van der Waals surface area contributed by atoms with Crippen molar-refractivity contribution >= 4 is 5.97 Å². The Kier molecular flexibility index (Phi) is 6.00. The number of hydrogen-bond acceptors (Lipinski definition) is 3. The van der Waals surface area contributed by atoms with E-state index in [2.05, 4.69) is 0 Å². The third-order valence-electron chi connectivity index (χ3n) is 1.95. The molecule has 0 amide bonds. The van der Waals surface area contributed by atoms with Crippen LogP contribution in [0.1, 0.15) is 29.8 Å². The maximum absolute atomic E-state index is 10.8. The van der Waals surface area contributed by atoms with Gasteiger partial charge in [-0.1, -0.05) is 13.8 Å². The molecule has 1 aromatic rings. The van der Waals surface area contributed by atoms with Gasteiger partial charge in [-0.3, -0.25) is 0 Å². The van der Waals surface area contributed by atoms with Gasteiger partial charge in [-0.15, -0.1) is 0 Å². The monoisotopic (exact) mass is 226 g/mol. The third kappa shape index (κ3) is 3.15. The molecule has 0 bridgehead atoms. The van der Waals surface area contributed by atoms with Gasteiger partial charge in [-0.2, -0.15) is 0 Å². The maximum Gasteiger partial charge on any atom is 0.339 e. The molecule has 4 heteroatoms. The van der Waals surface area contributed by atoms with Crippen molar-refractivity contribution in [1.29, 1.82) is 0 Å². The number of benzene rings is 1. The number of hydrogen-bond donors (Lipinski definition) is 1. The molecule has 0 radical (unpaired) electrons. The number of aromatic carboxylic acids is 1. The lowest BCUT2D eigenvalue weighted by molar-refractivity contribution is 0.0693. The van der Waals surface area contributed by atoms with Crippen molar-refractivity contribution in [3.63, 3.8) is 0 Å². The summed E-state index contributed by atoms with van der Waals surface area (Å²) in [7, 11) is 2.96. The first-order valence-corrected chi connectivity index (χ1v) is 5.06. The van der Waals surface area contributed by atoms with E-state index in [9.17, 15) is 4.79 Å². The Bertz CT molecular complexity index is 358. The Morgan fingerprint density at radius 2 is 1.62 bits per heavy atom. The van der Waals surface area contributed by atoms with Gasteiger partial charge in [0.2, 0.25) is 0 Å². The highest BCUT2D eigenvalue weighted by Gasteiger charge is 2.13. The summed E-state index contributed by atoms with van der Waals surface area (Å²) < 4.78 is 9.99. The molecule has 0 aliphatic rings. The Hall–Kier alpha value is -1.71. The Balaban J connectivity index is 0.00000106. The zero-order valence-electron chi connectivity index (χ0n) is 10.3. The lowest BCUT2D eigenvalue weighted by atomic mass is 10.1. The molecule has 1 aromatic carbocycles. The van der Waals surface area contributed by atoms with E-state index in [0.29, 0.717) is 11.5 Å². The molecule has 90 valence electrons. The second kappa shape index (κ2) is 6.71. The van der Waals surface area contributed by atoms with Crippen LogP contribution in [0.3, 0.4) is 0 Å². The molecule has 0 fully saturated rings. The molecule has 1 N–H and O–H groups in total. The first-order valence-electron chi connectivity index (χ1n) is 5.06. The number of methoxy groups -OCH3 is 2. The molecule has 1 rings (SSSR count). The molecule has 0 aliphatic heterocycles. The number of carbonyl (C=O) groups is 1. The van der Waals surface area contributed by atoms with Gasteiger partial charge in [-0.05, 0) is 18.6 Å². The first-order chi connectivity index (χ1) is 7.60. The number of ether oxygens (including phenoxy) is 2. The second-order valence-electron chi connectivity index (χ2n) is 2.83. The van der Waals surface area contributed by atoms with Gasteiger partial charge in [-0.25, -0.2) is 4.79 Å². The highest BCUT2D eigenvalue weighted by atomic mass is 16.5. The Morgan fingerprint density at radius 3 is 2.00 bits per heavy atom. The standard InChI is InChI=1S/C10H12O4.C2H6/c1-6-4-7(10(11)12)9(14-3)5-8(6)13-2;1-2/h4-5H,1-3H3,(H,11,12);1-2H3.